The van der Waals surface area contributed by atoms with Crippen LogP contribution < -0.4 is 0 Å². The fourth-order valence-electron chi connectivity index (χ4n) is 5.69. The van der Waals surface area contributed by atoms with Gasteiger partial charge in [0.15, 0.2) is 23.1 Å². The van der Waals surface area contributed by atoms with E-state index in [1.165, 1.54) is 0 Å². The Morgan fingerprint density at radius 3 is 2.60 bits per heavy atom. The Morgan fingerprint density at radius 1 is 1.20 bits per heavy atom. The van der Waals surface area contributed by atoms with Gasteiger partial charge in [-0.3, -0.25) is 4.79 Å². The summed E-state index contributed by atoms with van der Waals surface area (Å²) >= 11 is 0. The van der Waals surface area contributed by atoms with Crippen LogP contribution >= 0.6 is 0 Å². The first-order valence-corrected chi connectivity index (χ1v) is 9.83. The van der Waals surface area contributed by atoms with E-state index in [2.05, 4.69) is 6.58 Å². The topological polar surface area (TPSA) is 108 Å². The lowest BCUT2D eigenvalue weighted by atomic mass is 9.50. The van der Waals surface area contributed by atoms with Crippen molar-refractivity contribution >= 4 is 17.7 Å². The first kappa shape index (κ1) is 19.4. The van der Waals surface area contributed by atoms with E-state index in [1.54, 1.807) is 13.8 Å². The molecule has 1 spiro atoms. The molecule has 3 heterocycles. The molecule has 8 nitrogen and oxygen atoms in total. The number of carbonyl (C=O) groups is 3. The van der Waals surface area contributed by atoms with Gasteiger partial charge in [-0.25, -0.2) is 9.59 Å². The highest BCUT2D eigenvalue weighted by molar-refractivity contribution is 5.98. The van der Waals surface area contributed by atoms with E-state index in [0.717, 1.165) is 5.56 Å². The molecule has 0 unspecified atom stereocenters. The summed E-state index contributed by atoms with van der Waals surface area (Å²) in [6.07, 6.45) is -3.71. The maximum atomic E-state index is 13.1. The molecule has 2 bridgehead atoms. The van der Waals surface area contributed by atoms with Crippen molar-refractivity contribution in [3.8, 4) is 0 Å². The van der Waals surface area contributed by atoms with Gasteiger partial charge in [0.25, 0.3) is 0 Å². The van der Waals surface area contributed by atoms with Crippen LogP contribution in [0.5, 0.6) is 0 Å². The summed E-state index contributed by atoms with van der Waals surface area (Å²) in [6.45, 7) is 7.20. The number of carbonyl (C=O) groups excluding carboxylic acids is 3. The maximum absolute atomic E-state index is 13.1. The minimum Gasteiger partial charge on any atom is -0.455 e. The molecule has 8 heteroatoms. The number of benzene rings is 1. The Morgan fingerprint density at radius 2 is 1.90 bits per heavy atom. The van der Waals surface area contributed by atoms with E-state index in [1.807, 2.05) is 30.3 Å². The van der Waals surface area contributed by atoms with Gasteiger partial charge in [-0.05, 0) is 18.9 Å². The van der Waals surface area contributed by atoms with Crippen LogP contribution in [-0.4, -0.2) is 52.5 Å². The highest BCUT2D eigenvalue weighted by Crippen LogP contribution is 2.66. The molecule has 4 fully saturated rings. The molecule has 0 aromatic heterocycles. The summed E-state index contributed by atoms with van der Waals surface area (Å²) in [5.74, 6) is -3.06. The summed E-state index contributed by atoms with van der Waals surface area (Å²) < 4.78 is 23.1. The molecule has 1 aliphatic carbocycles. The number of ether oxygens (including phenoxy) is 4. The number of hydrogen-bond acceptors (Lipinski definition) is 8. The molecule has 0 radical (unpaired) electrons. The van der Waals surface area contributed by atoms with Crippen molar-refractivity contribution in [2.75, 3.05) is 0 Å². The molecule has 7 atom stereocenters. The van der Waals surface area contributed by atoms with Crippen molar-refractivity contribution in [2.24, 2.45) is 11.3 Å². The number of fused-ring (bicyclic) bond motifs is 4. The highest BCUT2D eigenvalue weighted by Gasteiger charge is 2.84. The van der Waals surface area contributed by atoms with Crippen molar-refractivity contribution in [3.05, 3.63) is 48.0 Å². The average molecular weight is 414 g/mol. The standard InChI is InChI=1S/C22H22O8/c1-11-17(24)28-13-9-20(11,2)15-14(23)18(25)30-22(15)16(19(26)29-21(13,22)3)27-10-12-7-5-4-6-8-12/h4-8,13,15-16,18,25H,1,9-10H2,2-3H3/t13-,15+,16-,18+,20-,21+,22-/m1/s1. The second-order valence-corrected chi connectivity index (χ2v) is 8.80. The van der Waals surface area contributed by atoms with Crippen molar-refractivity contribution in [2.45, 2.75) is 56.6 Å². The van der Waals surface area contributed by atoms with Crippen LogP contribution in [0.2, 0.25) is 0 Å². The van der Waals surface area contributed by atoms with E-state index < -0.39 is 58.8 Å². The first-order chi connectivity index (χ1) is 14.1. The Kier molecular flexibility index (Phi) is 3.88. The number of Topliss-reactive ketones (excluding diaryl/α,β-unsaturated/α-hetero) is 1. The minimum atomic E-state index is -1.77. The fraction of sp³-hybridized carbons (Fsp3) is 0.500. The number of ketones is 1. The molecule has 0 amide bonds. The van der Waals surface area contributed by atoms with Gasteiger partial charge in [0.2, 0.25) is 6.29 Å². The maximum Gasteiger partial charge on any atom is 0.339 e. The number of hydrogen-bond donors (Lipinski definition) is 1. The third-order valence-electron chi connectivity index (χ3n) is 7.26. The van der Waals surface area contributed by atoms with Crippen LogP contribution in [0.25, 0.3) is 0 Å². The van der Waals surface area contributed by atoms with Gasteiger partial charge in [-0.2, -0.15) is 0 Å². The summed E-state index contributed by atoms with van der Waals surface area (Å²) in [6, 6.07) is 9.21. The van der Waals surface area contributed by atoms with Gasteiger partial charge >= 0.3 is 11.9 Å². The molecule has 1 aromatic rings. The van der Waals surface area contributed by atoms with Crippen molar-refractivity contribution in [1.82, 2.24) is 0 Å². The van der Waals surface area contributed by atoms with E-state index in [9.17, 15) is 19.5 Å². The summed E-state index contributed by atoms with van der Waals surface area (Å²) in [4.78, 5) is 38.6. The van der Waals surface area contributed by atoms with Crippen molar-refractivity contribution in [1.29, 1.82) is 0 Å². The van der Waals surface area contributed by atoms with Gasteiger partial charge in [-0.1, -0.05) is 43.8 Å². The van der Waals surface area contributed by atoms with E-state index in [-0.39, 0.29) is 18.6 Å². The van der Waals surface area contributed by atoms with Gasteiger partial charge < -0.3 is 24.1 Å². The van der Waals surface area contributed by atoms with E-state index >= 15 is 0 Å². The second kappa shape index (κ2) is 6.00. The Bertz CT molecular complexity index is 973. The predicted octanol–water partition coefficient (Wildman–Crippen LogP) is 1.05. The number of esters is 2. The van der Waals surface area contributed by atoms with Gasteiger partial charge in [-0.15, -0.1) is 0 Å². The van der Waals surface area contributed by atoms with Crippen LogP contribution in [-0.2, 0) is 39.9 Å². The summed E-state index contributed by atoms with van der Waals surface area (Å²) in [5, 5.41) is 10.4. The van der Waals surface area contributed by atoms with Crippen molar-refractivity contribution < 1.29 is 38.4 Å². The monoisotopic (exact) mass is 414 g/mol. The number of aliphatic hydroxyl groups is 1. The molecular weight excluding hydrogens is 392 g/mol. The molecule has 3 saturated heterocycles. The largest absolute Gasteiger partial charge is 0.455 e. The molecule has 158 valence electrons. The fourth-order valence-corrected chi connectivity index (χ4v) is 5.69. The van der Waals surface area contributed by atoms with Crippen LogP contribution in [0, 0.1) is 11.3 Å². The second-order valence-electron chi connectivity index (χ2n) is 8.80. The lowest BCUT2D eigenvalue weighted by Gasteiger charge is -2.58. The van der Waals surface area contributed by atoms with Crippen LogP contribution in [0.4, 0.5) is 0 Å². The zero-order chi connectivity index (χ0) is 21.5. The Balaban J connectivity index is 1.64. The molecule has 5 rings (SSSR count). The molecular formula is C22H22O8. The molecule has 3 aliphatic heterocycles. The number of rotatable bonds is 3. The predicted molar refractivity (Wildman–Crippen MR) is 99.6 cm³/mol. The Hall–Kier alpha value is -2.55. The van der Waals surface area contributed by atoms with Gasteiger partial charge in [0.1, 0.15) is 6.10 Å². The average Bonchev–Trinajstić information content (AvgIpc) is 3.10. The van der Waals surface area contributed by atoms with Crippen LogP contribution in [0.1, 0.15) is 25.8 Å². The van der Waals surface area contributed by atoms with E-state index in [0.29, 0.717) is 0 Å². The first-order valence-electron chi connectivity index (χ1n) is 9.83. The van der Waals surface area contributed by atoms with Crippen LogP contribution in [0.15, 0.2) is 42.5 Å². The Labute approximate surface area is 172 Å². The third kappa shape index (κ3) is 2.13. The zero-order valence-corrected chi connectivity index (χ0v) is 16.6. The molecule has 30 heavy (non-hydrogen) atoms. The highest BCUT2D eigenvalue weighted by atomic mass is 16.7. The third-order valence-corrected chi connectivity index (χ3v) is 7.26. The molecule has 1 N–H and O–H groups in total. The summed E-state index contributed by atoms with van der Waals surface area (Å²) in [7, 11) is 0. The molecule has 1 saturated carbocycles. The lowest BCUT2D eigenvalue weighted by molar-refractivity contribution is -0.281. The molecule has 1 aromatic carbocycles. The van der Waals surface area contributed by atoms with E-state index in [4.69, 9.17) is 18.9 Å². The van der Waals surface area contributed by atoms with Crippen molar-refractivity contribution in [3.63, 3.8) is 0 Å². The number of aliphatic hydroxyl groups excluding tert-OH is 1. The van der Waals surface area contributed by atoms with Gasteiger partial charge in [0.05, 0.1) is 12.5 Å². The minimum absolute atomic E-state index is 0.0704. The normalized spacial score (nSPS) is 44.4. The molecule has 4 aliphatic rings. The quantitative estimate of drug-likeness (QED) is 0.578. The SMILES string of the molecule is C=C1C(=O)O[C@@H]2C[C@@]1(C)[C@@H]1C(=O)[C@@H](O)O[C@@]13[C@H](OCc1ccccc1)C(=O)O[C@@]23C. The zero-order valence-electron chi connectivity index (χ0n) is 16.6. The lowest BCUT2D eigenvalue weighted by Crippen LogP contribution is -2.74. The van der Waals surface area contributed by atoms with Crippen LogP contribution in [0.3, 0.4) is 0 Å². The summed E-state index contributed by atoms with van der Waals surface area (Å²) in [5.41, 5.74) is -3.31. The smallest absolute Gasteiger partial charge is 0.339 e. The van der Waals surface area contributed by atoms with Gasteiger partial charge in [0, 0.05) is 11.0 Å².